The van der Waals surface area contributed by atoms with Gasteiger partial charge in [-0.1, -0.05) is 12.1 Å². The maximum Gasteiger partial charge on any atom is 0.393 e. The number of esters is 1. The summed E-state index contributed by atoms with van der Waals surface area (Å²) in [5.74, 6) is -0.906. The number of anilines is 1. The Hall–Kier alpha value is -2.25. The highest BCUT2D eigenvalue weighted by Crippen LogP contribution is 2.36. The molecular weight excluding hydrogens is 385 g/mol. The van der Waals surface area contributed by atoms with Gasteiger partial charge in [-0.15, -0.1) is 0 Å². The van der Waals surface area contributed by atoms with Crippen LogP contribution in [0, 0.1) is 11.8 Å². The molecule has 1 amide bonds. The Labute approximate surface area is 167 Å². The summed E-state index contributed by atoms with van der Waals surface area (Å²) in [6, 6.07) is 7.69. The molecule has 8 heteroatoms. The summed E-state index contributed by atoms with van der Waals surface area (Å²) in [6.45, 7) is 2.19. The third-order valence-electron chi connectivity index (χ3n) is 6.32. The first-order valence-electron chi connectivity index (χ1n) is 10.1. The van der Waals surface area contributed by atoms with Crippen LogP contribution in [0.3, 0.4) is 0 Å². The molecule has 3 aliphatic rings. The molecule has 1 aromatic carbocycles. The van der Waals surface area contributed by atoms with Gasteiger partial charge in [0.25, 0.3) is 0 Å². The molecule has 0 bridgehead atoms. The van der Waals surface area contributed by atoms with Crippen LogP contribution in [-0.2, 0) is 14.3 Å². The minimum absolute atomic E-state index is 0.0200. The Morgan fingerprint density at radius 1 is 1.14 bits per heavy atom. The van der Waals surface area contributed by atoms with E-state index in [-0.39, 0.29) is 36.7 Å². The molecule has 1 aromatic rings. The number of carbonyl (C=O) groups excluding carboxylic acids is 2. The summed E-state index contributed by atoms with van der Waals surface area (Å²) in [6.07, 6.45) is -2.47. The van der Waals surface area contributed by atoms with Gasteiger partial charge in [-0.05, 0) is 30.5 Å². The van der Waals surface area contributed by atoms with Crippen molar-refractivity contribution >= 4 is 17.6 Å². The van der Waals surface area contributed by atoms with E-state index in [1.807, 2.05) is 29.2 Å². The number of hydrogen-bond acceptors (Lipinski definition) is 4. The van der Waals surface area contributed by atoms with Crippen LogP contribution < -0.4 is 4.90 Å². The number of alkyl halides is 3. The average molecular weight is 410 g/mol. The van der Waals surface area contributed by atoms with Gasteiger partial charge in [0.05, 0.1) is 18.9 Å². The van der Waals surface area contributed by atoms with Crippen molar-refractivity contribution in [2.45, 2.75) is 37.8 Å². The lowest BCUT2D eigenvalue weighted by Gasteiger charge is -2.40. The molecule has 2 atom stereocenters. The lowest BCUT2D eigenvalue weighted by molar-refractivity contribution is -0.168. The normalized spacial score (nSPS) is 25.3. The number of ether oxygens (including phenoxy) is 1. The summed E-state index contributed by atoms with van der Waals surface area (Å²) >= 11 is 0. The highest BCUT2D eigenvalue weighted by molar-refractivity contribution is 5.77. The van der Waals surface area contributed by atoms with E-state index in [1.165, 1.54) is 0 Å². The van der Waals surface area contributed by atoms with Crippen LogP contribution in [0.2, 0.25) is 0 Å². The number of halogens is 3. The number of benzene rings is 1. The molecule has 0 saturated carbocycles. The van der Waals surface area contributed by atoms with Gasteiger partial charge in [0.2, 0.25) is 5.91 Å². The number of cyclic esters (lactones) is 1. The molecule has 29 heavy (non-hydrogen) atoms. The second-order valence-electron chi connectivity index (χ2n) is 8.35. The second kappa shape index (κ2) is 7.88. The average Bonchev–Trinajstić information content (AvgIpc) is 3.28. The lowest BCUT2D eigenvalue weighted by atomic mass is 9.90. The minimum Gasteiger partial charge on any atom is -0.465 e. The van der Waals surface area contributed by atoms with Crippen molar-refractivity contribution < 1.29 is 27.5 Å². The third kappa shape index (κ3) is 4.51. The molecular formula is C21H25F3N2O3. The topological polar surface area (TPSA) is 49.9 Å². The van der Waals surface area contributed by atoms with Crippen molar-refractivity contribution in [1.82, 2.24) is 4.90 Å². The summed E-state index contributed by atoms with van der Waals surface area (Å²) in [4.78, 5) is 27.0. The number of hydrogen-bond donors (Lipinski definition) is 0. The molecule has 3 saturated heterocycles. The molecule has 3 fully saturated rings. The van der Waals surface area contributed by atoms with Crippen LogP contribution in [0.4, 0.5) is 18.9 Å². The lowest BCUT2D eigenvalue weighted by Crippen LogP contribution is -2.48. The number of likely N-dealkylation sites (tertiary alicyclic amines) is 1. The van der Waals surface area contributed by atoms with Crippen LogP contribution >= 0.6 is 0 Å². The van der Waals surface area contributed by atoms with Gasteiger partial charge >= 0.3 is 12.1 Å². The largest absolute Gasteiger partial charge is 0.465 e. The Kier molecular flexibility index (Phi) is 5.44. The fourth-order valence-corrected chi connectivity index (χ4v) is 4.35. The molecule has 3 heterocycles. The summed E-state index contributed by atoms with van der Waals surface area (Å²) in [7, 11) is 0. The van der Waals surface area contributed by atoms with Crippen molar-refractivity contribution in [1.29, 1.82) is 0 Å². The highest BCUT2D eigenvalue weighted by atomic mass is 19.4. The molecule has 0 radical (unpaired) electrons. The minimum atomic E-state index is -4.13. The zero-order valence-electron chi connectivity index (χ0n) is 16.2. The standard InChI is InChI=1S/C21H25F3N2O3/c22-21(23,24)17-7-8-25(12-17)18-4-2-15(3-5-18)16-10-26(11-16)19(27)6-1-14-9-20(28)29-13-14/h2-5,14,16-17H,1,6-13H2/t14-,17?/m0/s1. The van der Waals surface area contributed by atoms with Crippen molar-refractivity contribution in [2.75, 3.05) is 37.7 Å². The molecule has 158 valence electrons. The van der Waals surface area contributed by atoms with Gasteiger partial charge in [-0.25, -0.2) is 0 Å². The van der Waals surface area contributed by atoms with E-state index in [9.17, 15) is 22.8 Å². The summed E-state index contributed by atoms with van der Waals surface area (Å²) in [5.41, 5.74) is 1.93. The number of carbonyl (C=O) groups is 2. The zero-order valence-corrected chi connectivity index (χ0v) is 16.2. The molecule has 0 aromatic heterocycles. The quantitative estimate of drug-likeness (QED) is 0.699. The molecule has 0 N–H and O–H groups in total. The van der Waals surface area contributed by atoms with Crippen LogP contribution in [-0.4, -0.2) is 55.7 Å². The van der Waals surface area contributed by atoms with Crippen LogP contribution in [0.1, 0.15) is 37.2 Å². The molecule has 3 aliphatic heterocycles. The smallest absolute Gasteiger partial charge is 0.393 e. The second-order valence-corrected chi connectivity index (χ2v) is 8.35. The van der Waals surface area contributed by atoms with Crippen molar-refractivity contribution in [3.63, 3.8) is 0 Å². The first-order chi connectivity index (χ1) is 13.8. The number of rotatable bonds is 5. The Balaban J connectivity index is 1.23. The van der Waals surface area contributed by atoms with Gasteiger partial charge < -0.3 is 14.5 Å². The predicted octanol–water partition coefficient (Wildman–Crippen LogP) is 3.34. The monoisotopic (exact) mass is 410 g/mol. The fourth-order valence-electron chi connectivity index (χ4n) is 4.35. The van der Waals surface area contributed by atoms with E-state index < -0.39 is 12.1 Å². The fraction of sp³-hybridized carbons (Fsp3) is 0.619. The summed E-state index contributed by atoms with van der Waals surface area (Å²) in [5, 5.41) is 0. The number of amides is 1. The maximum atomic E-state index is 12.9. The van der Waals surface area contributed by atoms with Crippen molar-refractivity contribution in [2.24, 2.45) is 11.8 Å². The molecule has 0 spiro atoms. The Morgan fingerprint density at radius 3 is 2.45 bits per heavy atom. The van der Waals surface area contributed by atoms with Crippen LogP contribution in [0.5, 0.6) is 0 Å². The maximum absolute atomic E-state index is 12.9. The van der Waals surface area contributed by atoms with E-state index in [2.05, 4.69) is 0 Å². The Morgan fingerprint density at radius 2 is 1.86 bits per heavy atom. The summed E-state index contributed by atoms with van der Waals surface area (Å²) < 4.78 is 43.5. The van der Waals surface area contributed by atoms with Gasteiger partial charge in [0.15, 0.2) is 0 Å². The van der Waals surface area contributed by atoms with E-state index in [1.54, 1.807) is 4.90 Å². The highest BCUT2D eigenvalue weighted by Gasteiger charge is 2.43. The molecule has 1 unspecified atom stereocenters. The van der Waals surface area contributed by atoms with Gasteiger partial charge in [0, 0.05) is 50.1 Å². The van der Waals surface area contributed by atoms with Crippen molar-refractivity contribution in [3.05, 3.63) is 29.8 Å². The third-order valence-corrected chi connectivity index (χ3v) is 6.32. The van der Waals surface area contributed by atoms with E-state index in [0.717, 1.165) is 11.3 Å². The van der Waals surface area contributed by atoms with E-state index >= 15 is 0 Å². The first-order valence-corrected chi connectivity index (χ1v) is 10.1. The van der Waals surface area contributed by atoms with Gasteiger partial charge in [-0.2, -0.15) is 13.2 Å². The first kappa shape index (κ1) is 20.0. The molecule has 4 rings (SSSR count). The number of nitrogens with zero attached hydrogens (tertiary/aromatic N) is 2. The molecule has 5 nitrogen and oxygen atoms in total. The van der Waals surface area contributed by atoms with Crippen molar-refractivity contribution in [3.8, 4) is 0 Å². The SMILES string of the molecule is O=C1C[C@H](CCC(=O)N2CC(c3ccc(N4CCC(C(F)(F)F)C4)cc3)C2)CO1. The zero-order chi connectivity index (χ0) is 20.6. The van der Waals surface area contributed by atoms with Gasteiger partial charge in [0.1, 0.15) is 0 Å². The Bertz CT molecular complexity index is 759. The van der Waals surface area contributed by atoms with Crippen LogP contribution in [0.15, 0.2) is 24.3 Å². The van der Waals surface area contributed by atoms with Crippen LogP contribution in [0.25, 0.3) is 0 Å². The van der Waals surface area contributed by atoms with E-state index in [4.69, 9.17) is 4.74 Å². The van der Waals surface area contributed by atoms with Gasteiger partial charge in [-0.3, -0.25) is 9.59 Å². The molecule has 0 aliphatic carbocycles. The predicted molar refractivity (Wildman–Crippen MR) is 100 cm³/mol. The van der Waals surface area contributed by atoms with E-state index in [0.29, 0.717) is 45.5 Å².